The fourth-order valence-electron chi connectivity index (χ4n) is 0.702. The number of methoxy groups -OCH3 is 1. The van der Waals surface area contributed by atoms with Crippen molar-refractivity contribution in [3.63, 3.8) is 0 Å². The number of rotatable bonds is 1. The third-order valence-electron chi connectivity index (χ3n) is 1.37. The zero-order chi connectivity index (χ0) is 12.7. The summed E-state index contributed by atoms with van der Waals surface area (Å²) in [5.74, 6) is 0. The van der Waals surface area contributed by atoms with E-state index in [1.165, 1.54) is 7.11 Å². The van der Waals surface area contributed by atoms with Crippen molar-refractivity contribution in [2.45, 2.75) is 0 Å². The lowest BCUT2D eigenvalue weighted by Gasteiger charge is -1.93. The lowest BCUT2D eigenvalue weighted by Crippen LogP contribution is -1.89. The molecule has 0 atom stereocenters. The average molecular weight is 417 g/mol. The highest BCUT2D eigenvalue weighted by molar-refractivity contribution is 9.10. The van der Waals surface area contributed by atoms with E-state index in [0.717, 1.165) is 8.95 Å². The van der Waals surface area contributed by atoms with Gasteiger partial charge in [-0.3, -0.25) is 0 Å². The second-order valence-electron chi connectivity index (χ2n) is 2.56. The molecule has 0 fully saturated rings. The van der Waals surface area contributed by atoms with E-state index < -0.39 is 0 Å². The van der Waals surface area contributed by atoms with Crippen molar-refractivity contribution in [2.75, 3.05) is 7.11 Å². The normalized spacial score (nSPS) is 8.67. The minimum absolute atomic E-state index is 0. The number of ether oxygens (including phenoxy) is 1. The molecule has 0 aliphatic rings. The molecule has 0 N–H and O–H groups in total. The molecule has 0 radical (unpaired) electrons. The van der Waals surface area contributed by atoms with Gasteiger partial charge in [-0.15, -0.1) is 0 Å². The van der Waals surface area contributed by atoms with Crippen molar-refractivity contribution in [1.29, 1.82) is 0 Å². The second-order valence-corrected chi connectivity index (χ2v) is 4.73. The molecule has 0 saturated carbocycles. The summed E-state index contributed by atoms with van der Waals surface area (Å²) in [7, 11) is 1.53. The molecule has 2 aromatic rings. The first-order valence-corrected chi connectivity index (χ1v) is 6.23. The minimum atomic E-state index is 0. The molecular weight excluding hydrogens is 407 g/mol. The molecule has 98 valence electrons. The maximum atomic E-state index is 5.37. The molecule has 5 nitrogen and oxygen atoms in total. The first-order chi connectivity index (χ1) is 8.11. The van der Waals surface area contributed by atoms with Crippen LogP contribution in [0.5, 0.6) is 6.01 Å². The zero-order valence-corrected chi connectivity index (χ0v) is 14.1. The summed E-state index contributed by atoms with van der Waals surface area (Å²) in [6.45, 7) is 0. The summed E-state index contributed by atoms with van der Waals surface area (Å²) in [5.41, 5.74) is 0. The minimum Gasteiger partial charge on any atom is -0.467 e. The van der Waals surface area contributed by atoms with Crippen LogP contribution in [0.4, 0.5) is 0 Å². The topological polar surface area (TPSA) is 60.8 Å². The van der Waals surface area contributed by atoms with Crippen LogP contribution in [-0.4, -0.2) is 27.0 Å². The van der Waals surface area contributed by atoms with Crippen LogP contribution >= 0.6 is 57.0 Å². The molecular formula is C9H9Br2ClN4OS. The van der Waals surface area contributed by atoms with Gasteiger partial charge >= 0.3 is 6.01 Å². The smallest absolute Gasteiger partial charge is 0.316 e. The Morgan fingerprint density at radius 2 is 1.33 bits per heavy atom. The van der Waals surface area contributed by atoms with Gasteiger partial charge in [-0.2, -0.15) is 13.5 Å². The van der Waals surface area contributed by atoms with E-state index in [9.17, 15) is 0 Å². The third kappa shape index (κ3) is 7.10. The van der Waals surface area contributed by atoms with Gasteiger partial charge in [0.2, 0.25) is 5.28 Å². The standard InChI is InChI=1S/C5H5BrN2O.C4H2BrClN2.H2S/c1-9-5-7-2-4(6)3-8-5;5-3-1-7-4(6)8-2-3;/h2-3H,1H3;1-2H;1H2. The Hall–Kier alpha value is -0.440. The molecule has 0 aliphatic carbocycles. The van der Waals surface area contributed by atoms with Gasteiger partial charge in [0.05, 0.1) is 16.1 Å². The van der Waals surface area contributed by atoms with Crippen molar-refractivity contribution in [3.8, 4) is 6.01 Å². The van der Waals surface area contributed by atoms with E-state index in [-0.39, 0.29) is 18.8 Å². The van der Waals surface area contributed by atoms with Crippen LogP contribution in [0.1, 0.15) is 0 Å². The second kappa shape index (κ2) is 9.48. The monoisotopic (exact) mass is 414 g/mol. The number of hydrogen-bond acceptors (Lipinski definition) is 5. The van der Waals surface area contributed by atoms with Crippen LogP contribution in [0.3, 0.4) is 0 Å². The Balaban J connectivity index is 0.000000306. The fraction of sp³-hybridized carbons (Fsp3) is 0.111. The highest BCUT2D eigenvalue weighted by atomic mass is 79.9. The van der Waals surface area contributed by atoms with Gasteiger partial charge < -0.3 is 4.74 Å². The molecule has 2 aromatic heterocycles. The highest BCUT2D eigenvalue weighted by Crippen LogP contribution is 2.07. The third-order valence-corrected chi connectivity index (χ3v) is 2.38. The summed E-state index contributed by atoms with van der Waals surface area (Å²) in [6, 6.07) is 0.387. The van der Waals surface area contributed by atoms with Gasteiger partial charge in [-0.25, -0.2) is 19.9 Å². The molecule has 0 saturated heterocycles. The molecule has 2 rings (SSSR count). The van der Waals surface area contributed by atoms with Crippen LogP contribution in [0.2, 0.25) is 5.28 Å². The molecule has 0 bridgehead atoms. The lowest BCUT2D eigenvalue weighted by molar-refractivity contribution is 0.379. The van der Waals surface area contributed by atoms with E-state index in [2.05, 4.69) is 51.8 Å². The van der Waals surface area contributed by atoms with E-state index in [1.54, 1.807) is 24.8 Å². The summed E-state index contributed by atoms with van der Waals surface area (Å²) < 4.78 is 6.41. The number of aromatic nitrogens is 4. The van der Waals surface area contributed by atoms with Crippen molar-refractivity contribution in [3.05, 3.63) is 39.0 Å². The van der Waals surface area contributed by atoms with Crippen LogP contribution in [0, 0.1) is 0 Å². The molecule has 0 aliphatic heterocycles. The van der Waals surface area contributed by atoms with Crippen LogP contribution in [-0.2, 0) is 0 Å². The van der Waals surface area contributed by atoms with E-state index in [4.69, 9.17) is 16.3 Å². The Morgan fingerprint density at radius 3 is 1.67 bits per heavy atom. The molecule has 0 unspecified atom stereocenters. The van der Waals surface area contributed by atoms with Gasteiger partial charge in [0, 0.05) is 24.8 Å². The van der Waals surface area contributed by atoms with Crippen LogP contribution in [0.25, 0.3) is 0 Å². The maximum Gasteiger partial charge on any atom is 0.316 e. The van der Waals surface area contributed by atoms with E-state index in [1.807, 2.05) is 0 Å². The summed E-state index contributed by atoms with van der Waals surface area (Å²) in [5, 5.41) is 0.271. The first kappa shape index (κ1) is 17.6. The van der Waals surface area contributed by atoms with E-state index in [0.29, 0.717) is 6.01 Å². The molecule has 0 amide bonds. The maximum absolute atomic E-state index is 5.37. The molecule has 9 heteroatoms. The molecule has 2 heterocycles. The zero-order valence-electron chi connectivity index (χ0n) is 9.14. The Labute approximate surface area is 133 Å². The van der Waals surface area contributed by atoms with Crippen molar-refractivity contribution in [1.82, 2.24) is 19.9 Å². The predicted octanol–water partition coefficient (Wildman–Crippen LogP) is 3.25. The quantitative estimate of drug-likeness (QED) is 0.668. The fourth-order valence-corrected chi connectivity index (χ4v) is 1.21. The van der Waals surface area contributed by atoms with Gasteiger partial charge in [0.15, 0.2) is 0 Å². The van der Waals surface area contributed by atoms with Gasteiger partial charge in [-0.1, -0.05) is 0 Å². The van der Waals surface area contributed by atoms with Crippen molar-refractivity contribution >= 4 is 57.0 Å². The van der Waals surface area contributed by atoms with Gasteiger partial charge in [0.25, 0.3) is 0 Å². The summed E-state index contributed by atoms with van der Waals surface area (Å²) in [4.78, 5) is 15.0. The van der Waals surface area contributed by atoms with E-state index >= 15 is 0 Å². The largest absolute Gasteiger partial charge is 0.467 e. The number of nitrogens with zero attached hydrogens (tertiary/aromatic N) is 4. The molecule has 0 aromatic carbocycles. The van der Waals surface area contributed by atoms with Crippen LogP contribution in [0.15, 0.2) is 33.7 Å². The number of halogens is 3. The van der Waals surface area contributed by atoms with Gasteiger partial charge in [-0.05, 0) is 43.5 Å². The lowest BCUT2D eigenvalue weighted by atomic mass is 10.7. The first-order valence-electron chi connectivity index (χ1n) is 4.26. The summed E-state index contributed by atoms with van der Waals surface area (Å²) >= 11 is 11.7. The molecule has 0 spiro atoms. The molecule has 18 heavy (non-hydrogen) atoms. The SMILES string of the molecule is COc1ncc(Br)cn1.Clc1ncc(Br)cn1.S. The Kier molecular flexibility index (Phi) is 9.25. The number of hydrogen-bond donors (Lipinski definition) is 0. The predicted molar refractivity (Wildman–Crippen MR) is 81.4 cm³/mol. The van der Waals surface area contributed by atoms with Crippen molar-refractivity contribution in [2.24, 2.45) is 0 Å². The highest BCUT2D eigenvalue weighted by Gasteiger charge is 1.90. The Bertz CT molecular complexity index is 436. The van der Waals surface area contributed by atoms with Crippen LogP contribution < -0.4 is 4.74 Å². The Morgan fingerprint density at radius 1 is 0.944 bits per heavy atom. The summed E-state index contributed by atoms with van der Waals surface area (Å²) in [6.07, 6.45) is 6.45. The van der Waals surface area contributed by atoms with Crippen molar-refractivity contribution < 1.29 is 4.74 Å². The average Bonchev–Trinajstić information content (AvgIpc) is 2.35. The van der Waals surface area contributed by atoms with Gasteiger partial charge in [0.1, 0.15) is 0 Å².